The van der Waals surface area contributed by atoms with Crippen LogP contribution in [0.2, 0.25) is 0 Å². The molecule has 10 heteroatoms. The first-order valence-corrected chi connectivity index (χ1v) is 12.2. The molecule has 2 amide bonds. The van der Waals surface area contributed by atoms with Crippen LogP contribution < -0.4 is 9.80 Å². The zero-order valence-corrected chi connectivity index (χ0v) is 20.4. The quantitative estimate of drug-likeness (QED) is 0.660. The van der Waals surface area contributed by atoms with Gasteiger partial charge in [0.15, 0.2) is 0 Å². The van der Waals surface area contributed by atoms with Gasteiger partial charge < -0.3 is 4.90 Å². The Kier molecular flexibility index (Phi) is 6.16. The molecule has 0 N–H and O–H groups in total. The average Bonchev–Trinajstić information content (AvgIpc) is 3.44. The van der Waals surface area contributed by atoms with E-state index in [0.717, 1.165) is 6.42 Å². The molecule has 3 fully saturated rings. The smallest absolute Gasteiger partial charge is 0.249 e. The number of pyridine rings is 1. The Labute approximate surface area is 204 Å². The highest BCUT2D eigenvalue weighted by atomic mass is 19.1. The van der Waals surface area contributed by atoms with Crippen LogP contribution in [-0.2, 0) is 14.4 Å². The van der Waals surface area contributed by atoms with Crippen molar-refractivity contribution in [1.82, 2.24) is 20.0 Å². The van der Waals surface area contributed by atoms with Crippen LogP contribution >= 0.6 is 0 Å². The number of nitrogens with zero attached hydrogens (tertiary/aromatic N) is 6. The molecule has 2 aromatic rings. The molecule has 0 radical (unpaired) electrons. The topological polar surface area (TPSA) is 91.8 Å². The third kappa shape index (κ3) is 4.47. The van der Waals surface area contributed by atoms with Crippen LogP contribution in [0.5, 0.6) is 0 Å². The molecule has 0 aromatic carbocycles. The number of carbonyl (C=O) groups is 2. The predicted molar refractivity (Wildman–Crippen MR) is 127 cm³/mol. The number of aromatic nitrogens is 3. The van der Waals surface area contributed by atoms with Crippen molar-refractivity contribution >= 4 is 23.6 Å². The lowest BCUT2D eigenvalue weighted by atomic mass is 9.95. The second-order valence-corrected chi connectivity index (χ2v) is 10.2. The molecule has 0 aliphatic carbocycles. The summed E-state index contributed by atoms with van der Waals surface area (Å²) in [5, 5.41) is 1.42. The molecular weight excluding hydrogens is 451 g/mol. The number of hydrogen-bond acceptors (Lipinski definition) is 7. The molecule has 0 saturated carbocycles. The number of rotatable bonds is 4. The van der Waals surface area contributed by atoms with E-state index in [2.05, 4.69) is 14.9 Å². The fourth-order valence-electron chi connectivity index (χ4n) is 5.23. The molecule has 3 aliphatic heterocycles. The highest BCUT2D eigenvalue weighted by Gasteiger charge is 2.40. The molecule has 5 heterocycles. The van der Waals surface area contributed by atoms with Crippen LogP contribution in [0.15, 0.2) is 24.5 Å². The van der Waals surface area contributed by atoms with Gasteiger partial charge in [-0.3, -0.25) is 24.3 Å². The normalized spacial score (nSPS) is 22.8. The number of halogens is 1. The van der Waals surface area contributed by atoms with E-state index >= 15 is 0 Å². The number of piperidine rings is 1. The van der Waals surface area contributed by atoms with Crippen LogP contribution in [0.4, 0.5) is 16.2 Å². The fourth-order valence-corrected chi connectivity index (χ4v) is 5.23. The molecule has 3 aliphatic rings. The second kappa shape index (κ2) is 9.14. The molecular formula is C25H31FN6O3. The number of aryl methyl sites for hydroxylation is 1. The van der Waals surface area contributed by atoms with Crippen LogP contribution in [0, 0.1) is 18.7 Å². The van der Waals surface area contributed by atoms with Crippen molar-refractivity contribution in [2.45, 2.75) is 64.5 Å². The van der Waals surface area contributed by atoms with Crippen LogP contribution in [0.25, 0.3) is 0 Å². The molecule has 1 atom stereocenters. The minimum Gasteiger partial charge on any atom is -0.341 e. The van der Waals surface area contributed by atoms with Gasteiger partial charge in [0, 0.05) is 49.8 Å². The Hall–Kier alpha value is -3.14. The zero-order chi connectivity index (χ0) is 24.7. The van der Waals surface area contributed by atoms with E-state index in [0.29, 0.717) is 68.4 Å². The van der Waals surface area contributed by atoms with Crippen molar-refractivity contribution in [2.75, 3.05) is 29.5 Å². The molecule has 2 aromatic heterocycles. The SMILES string of the molecule is Cc1ncc([C@@H]2CCON2C(=O)C2CCN(c3nccc(N4C(=O)CCC4(C)C)n3)CC2)cc1F. The summed E-state index contributed by atoms with van der Waals surface area (Å²) in [6, 6.07) is 2.89. The van der Waals surface area contributed by atoms with Gasteiger partial charge in [-0.25, -0.2) is 14.4 Å². The van der Waals surface area contributed by atoms with E-state index in [1.54, 1.807) is 30.3 Å². The van der Waals surface area contributed by atoms with Crippen molar-refractivity contribution in [3.05, 3.63) is 41.6 Å². The molecule has 9 nitrogen and oxygen atoms in total. The van der Waals surface area contributed by atoms with Gasteiger partial charge >= 0.3 is 0 Å². The zero-order valence-electron chi connectivity index (χ0n) is 20.4. The fraction of sp³-hybridized carbons (Fsp3) is 0.560. The van der Waals surface area contributed by atoms with Crippen LogP contribution in [0.3, 0.4) is 0 Å². The number of carbonyl (C=O) groups excluding carboxylic acids is 2. The van der Waals surface area contributed by atoms with Crippen molar-refractivity contribution in [3.63, 3.8) is 0 Å². The van der Waals surface area contributed by atoms with E-state index in [-0.39, 0.29) is 35.1 Å². The summed E-state index contributed by atoms with van der Waals surface area (Å²) in [7, 11) is 0. The number of amides is 2. The van der Waals surface area contributed by atoms with Gasteiger partial charge in [-0.1, -0.05) is 0 Å². The summed E-state index contributed by atoms with van der Waals surface area (Å²) in [6.07, 6.45) is 6.50. The third-order valence-corrected chi connectivity index (χ3v) is 7.34. The number of hydrogen-bond donors (Lipinski definition) is 0. The first-order valence-electron chi connectivity index (χ1n) is 12.2. The van der Waals surface area contributed by atoms with Crippen molar-refractivity contribution < 1.29 is 18.8 Å². The summed E-state index contributed by atoms with van der Waals surface area (Å²) < 4.78 is 14.1. The summed E-state index contributed by atoms with van der Waals surface area (Å²) in [6.45, 7) is 7.37. The maximum Gasteiger partial charge on any atom is 0.249 e. The monoisotopic (exact) mass is 482 g/mol. The maximum absolute atomic E-state index is 14.1. The second-order valence-electron chi connectivity index (χ2n) is 10.2. The molecule has 0 unspecified atom stereocenters. The van der Waals surface area contributed by atoms with Gasteiger partial charge in [-0.15, -0.1) is 0 Å². The Morgan fingerprint density at radius 3 is 2.66 bits per heavy atom. The lowest BCUT2D eigenvalue weighted by Crippen LogP contribution is -2.43. The van der Waals surface area contributed by atoms with E-state index in [1.165, 1.54) is 11.1 Å². The minimum absolute atomic E-state index is 0.0766. The van der Waals surface area contributed by atoms with E-state index in [1.807, 2.05) is 13.8 Å². The average molecular weight is 483 g/mol. The van der Waals surface area contributed by atoms with Gasteiger partial charge in [-0.05, 0) is 57.7 Å². The highest BCUT2D eigenvalue weighted by Crippen LogP contribution is 2.36. The van der Waals surface area contributed by atoms with E-state index < -0.39 is 0 Å². The summed E-state index contributed by atoms with van der Waals surface area (Å²) in [5.41, 5.74) is 0.715. The first-order chi connectivity index (χ1) is 16.7. The predicted octanol–water partition coefficient (Wildman–Crippen LogP) is 3.35. The van der Waals surface area contributed by atoms with E-state index in [4.69, 9.17) is 9.82 Å². The van der Waals surface area contributed by atoms with E-state index in [9.17, 15) is 14.0 Å². The van der Waals surface area contributed by atoms with Gasteiger partial charge in [0.1, 0.15) is 11.6 Å². The molecule has 0 spiro atoms. The summed E-state index contributed by atoms with van der Waals surface area (Å²) in [4.78, 5) is 48.5. The molecule has 35 heavy (non-hydrogen) atoms. The first kappa shape index (κ1) is 23.6. The van der Waals surface area contributed by atoms with Crippen molar-refractivity contribution in [1.29, 1.82) is 0 Å². The Morgan fingerprint density at radius 1 is 1.20 bits per heavy atom. The lowest BCUT2D eigenvalue weighted by Gasteiger charge is -2.35. The molecule has 186 valence electrons. The lowest BCUT2D eigenvalue weighted by molar-refractivity contribution is -0.182. The summed E-state index contributed by atoms with van der Waals surface area (Å²) in [5.74, 6) is 0.613. The number of anilines is 2. The highest BCUT2D eigenvalue weighted by molar-refractivity contribution is 5.96. The van der Waals surface area contributed by atoms with Gasteiger partial charge in [0.25, 0.3) is 0 Å². The largest absolute Gasteiger partial charge is 0.341 e. The molecule has 0 bridgehead atoms. The number of hydroxylamine groups is 2. The van der Waals surface area contributed by atoms with Crippen LogP contribution in [-0.4, -0.2) is 57.1 Å². The summed E-state index contributed by atoms with van der Waals surface area (Å²) >= 11 is 0. The maximum atomic E-state index is 14.1. The van der Waals surface area contributed by atoms with Gasteiger partial charge in [0.05, 0.1) is 18.3 Å². The Bertz CT molecular complexity index is 1130. The third-order valence-electron chi connectivity index (χ3n) is 7.34. The van der Waals surface area contributed by atoms with Crippen molar-refractivity contribution in [2.24, 2.45) is 5.92 Å². The van der Waals surface area contributed by atoms with Gasteiger partial charge in [-0.2, -0.15) is 4.98 Å². The minimum atomic E-state index is -0.378. The molecule has 3 saturated heterocycles. The Morgan fingerprint density at radius 2 is 1.97 bits per heavy atom. The Balaban J connectivity index is 1.25. The van der Waals surface area contributed by atoms with Crippen LogP contribution in [0.1, 0.15) is 63.3 Å². The van der Waals surface area contributed by atoms with Crippen molar-refractivity contribution in [3.8, 4) is 0 Å². The van der Waals surface area contributed by atoms with Gasteiger partial charge in [0.2, 0.25) is 17.8 Å². The molecule has 5 rings (SSSR count). The standard InChI is InChI=1S/C25H31FN6O3/c1-16-19(26)14-18(15-28-16)20-8-13-35-32(20)23(34)17-6-11-30(12-7-17)24-27-10-5-21(29-24)31-22(33)4-9-25(31,2)3/h5,10,14-15,17,20H,4,6-9,11-13H2,1-3H3/t20-/m0/s1.